The van der Waals surface area contributed by atoms with Crippen molar-refractivity contribution in [2.45, 2.75) is 13.1 Å². The van der Waals surface area contributed by atoms with Crippen molar-refractivity contribution in [3.05, 3.63) is 90.0 Å². The zero-order chi connectivity index (χ0) is 24.2. The predicted molar refractivity (Wildman–Crippen MR) is 128 cm³/mol. The van der Waals surface area contributed by atoms with Crippen LogP contribution in [-0.2, 0) is 17.9 Å². The highest BCUT2D eigenvalue weighted by molar-refractivity contribution is 5.95. The van der Waals surface area contributed by atoms with Crippen molar-refractivity contribution in [3.63, 3.8) is 0 Å². The molecule has 176 valence electrons. The third-order valence-electron chi connectivity index (χ3n) is 5.59. The average molecular weight is 470 g/mol. The monoisotopic (exact) mass is 469 g/mol. The maximum atomic E-state index is 13.0. The van der Waals surface area contributed by atoms with Crippen LogP contribution >= 0.6 is 0 Å². The number of hydrogen-bond donors (Lipinski definition) is 2. The number of imidazole rings is 1. The van der Waals surface area contributed by atoms with Crippen LogP contribution in [0.2, 0.25) is 0 Å². The maximum absolute atomic E-state index is 13.0. The Hall–Kier alpha value is -4.66. The minimum atomic E-state index is -0.291. The number of benzene rings is 2. The maximum Gasteiger partial charge on any atom is 0.258 e. The molecule has 0 saturated heterocycles. The molecule has 2 aromatic heterocycles. The Labute approximate surface area is 201 Å². The van der Waals surface area contributed by atoms with E-state index in [2.05, 4.69) is 20.6 Å². The van der Waals surface area contributed by atoms with Gasteiger partial charge >= 0.3 is 0 Å². The first kappa shape index (κ1) is 22.1. The summed E-state index contributed by atoms with van der Waals surface area (Å²) in [5, 5.41) is 5.76. The van der Waals surface area contributed by atoms with Gasteiger partial charge in [0.05, 0.1) is 19.3 Å². The average Bonchev–Trinajstić information content (AvgIpc) is 3.39. The molecule has 4 aromatic rings. The number of rotatable bonds is 4. The van der Waals surface area contributed by atoms with Crippen LogP contribution in [0.5, 0.6) is 11.5 Å². The van der Waals surface area contributed by atoms with Crippen LogP contribution in [0.25, 0.3) is 17.1 Å². The summed E-state index contributed by atoms with van der Waals surface area (Å²) in [7, 11) is 1.54. The van der Waals surface area contributed by atoms with Crippen molar-refractivity contribution in [2.75, 3.05) is 13.7 Å². The number of amides is 2. The van der Waals surface area contributed by atoms with Crippen molar-refractivity contribution in [3.8, 4) is 28.6 Å². The van der Waals surface area contributed by atoms with Gasteiger partial charge in [0.15, 0.2) is 18.1 Å². The van der Waals surface area contributed by atoms with Gasteiger partial charge in [-0.25, -0.2) is 4.98 Å². The number of carbonyl (C=O) groups excluding carboxylic acids is 2. The Morgan fingerprint density at radius 3 is 2.89 bits per heavy atom. The molecule has 35 heavy (non-hydrogen) atoms. The lowest BCUT2D eigenvalue weighted by Gasteiger charge is -2.14. The minimum Gasteiger partial charge on any atom is -0.493 e. The molecule has 9 nitrogen and oxygen atoms in total. The molecule has 0 saturated carbocycles. The van der Waals surface area contributed by atoms with Gasteiger partial charge in [0.25, 0.3) is 11.8 Å². The van der Waals surface area contributed by atoms with Gasteiger partial charge in [-0.15, -0.1) is 0 Å². The molecule has 0 spiro atoms. The lowest BCUT2D eigenvalue weighted by atomic mass is 10.1. The summed E-state index contributed by atoms with van der Waals surface area (Å²) in [4.78, 5) is 34.3. The van der Waals surface area contributed by atoms with Crippen molar-refractivity contribution in [2.24, 2.45) is 0 Å². The number of nitrogens with one attached hydrogen (secondary N) is 2. The van der Waals surface area contributed by atoms with Gasteiger partial charge in [-0.05, 0) is 54.1 Å². The van der Waals surface area contributed by atoms with E-state index in [4.69, 9.17) is 9.47 Å². The van der Waals surface area contributed by atoms with Crippen LogP contribution in [0.3, 0.4) is 0 Å². The molecular weight excluding hydrogens is 446 g/mol. The lowest BCUT2D eigenvalue weighted by Crippen LogP contribution is -2.29. The van der Waals surface area contributed by atoms with Crippen molar-refractivity contribution in [1.29, 1.82) is 0 Å². The largest absolute Gasteiger partial charge is 0.493 e. The van der Waals surface area contributed by atoms with E-state index in [-0.39, 0.29) is 25.0 Å². The van der Waals surface area contributed by atoms with Crippen LogP contribution in [0, 0.1) is 0 Å². The number of nitrogens with zero attached hydrogens (tertiary/aromatic N) is 3. The second-order valence-electron chi connectivity index (χ2n) is 7.94. The molecule has 0 fully saturated rings. The molecule has 5 rings (SSSR count). The van der Waals surface area contributed by atoms with E-state index in [1.807, 2.05) is 41.1 Å². The van der Waals surface area contributed by atoms with E-state index in [0.717, 1.165) is 22.5 Å². The number of carbonyl (C=O) groups is 2. The Kier molecular flexibility index (Phi) is 6.13. The molecule has 2 aromatic carbocycles. The number of hydrogen-bond acceptors (Lipinski definition) is 6. The zero-order valence-electron chi connectivity index (χ0n) is 19.0. The first-order valence-corrected chi connectivity index (χ1v) is 11.0. The van der Waals surface area contributed by atoms with Crippen LogP contribution < -0.4 is 20.1 Å². The van der Waals surface area contributed by atoms with Crippen LogP contribution in [0.4, 0.5) is 0 Å². The Bertz CT molecular complexity index is 1380. The topological polar surface area (TPSA) is 107 Å². The van der Waals surface area contributed by atoms with Crippen molar-refractivity contribution >= 4 is 11.8 Å². The highest BCUT2D eigenvalue weighted by atomic mass is 16.5. The molecule has 1 aliphatic heterocycles. The van der Waals surface area contributed by atoms with Gasteiger partial charge in [0.2, 0.25) is 0 Å². The summed E-state index contributed by atoms with van der Waals surface area (Å²) in [5.74, 6) is 1.08. The quantitative estimate of drug-likeness (QED) is 0.476. The predicted octanol–water partition coefficient (Wildman–Crippen LogP) is 2.88. The standard InChI is InChI=1S/C26H23N5O4/c1-34-22-6-5-18-13-23(22)35-16-24(32)29-14-17-10-19(12-21(11-17)31-9-8-28-25(18)31)26(33)30-15-20-4-2-3-7-27-20/h2-13H,14-16H2,1H3,(H,29,32)(H,30,33). The van der Waals surface area contributed by atoms with E-state index < -0.39 is 0 Å². The minimum absolute atomic E-state index is 0.175. The number of aromatic nitrogens is 3. The van der Waals surface area contributed by atoms with Crippen molar-refractivity contribution < 1.29 is 19.1 Å². The van der Waals surface area contributed by atoms with Crippen LogP contribution in [-0.4, -0.2) is 40.1 Å². The van der Waals surface area contributed by atoms with Crippen LogP contribution in [0.1, 0.15) is 21.6 Å². The van der Waals surface area contributed by atoms with E-state index in [9.17, 15) is 9.59 Å². The summed E-state index contributed by atoms with van der Waals surface area (Å²) in [6.07, 6.45) is 5.21. The molecule has 4 bridgehead atoms. The molecule has 0 radical (unpaired) electrons. The second kappa shape index (κ2) is 9.68. The van der Waals surface area contributed by atoms with Crippen molar-refractivity contribution in [1.82, 2.24) is 25.2 Å². The van der Waals surface area contributed by atoms with Gasteiger partial charge in [-0.2, -0.15) is 0 Å². The van der Waals surface area contributed by atoms with Gasteiger partial charge in [-0.3, -0.25) is 19.1 Å². The van der Waals surface area contributed by atoms with Gasteiger partial charge in [0.1, 0.15) is 5.82 Å². The molecule has 0 unspecified atom stereocenters. The van der Waals surface area contributed by atoms with E-state index in [0.29, 0.717) is 29.4 Å². The fourth-order valence-corrected chi connectivity index (χ4v) is 3.87. The molecule has 2 N–H and O–H groups in total. The highest BCUT2D eigenvalue weighted by Gasteiger charge is 2.17. The highest BCUT2D eigenvalue weighted by Crippen LogP contribution is 2.33. The lowest BCUT2D eigenvalue weighted by molar-refractivity contribution is -0.123. The Morgan fingerprint density at radius 1 is 1.14 bits per heavy atom. The third kappa shape index (κ3) is 4.84. The van der Waals surface area contributed by atoms with Gasteiger partial charge in [0, 0.05) is 41.9 Å². The van der Waals surface area contributed by atoms with Gasteiger partial charge in [-0.1, -0.05) is 6.07 Å². The molecule has 2 amide bonds. The number of fused-ring (bicyclic) bond motifs is 7. The molecule has 0 atom stereocenters. The summed E-state index contributed by atoms with van der Waals surface area (Å²) in [6, 6.07) is 16.5. The van der Waals surface area contributed by atoms with Gasteiger partial charge < -0.3 is 20.1 Å². The molecule has 3 heterocycles. The first-order chi connectivity index (χ1) is 17.1. The number of pyridine rings is 1. The summed E-state index contributed by atoms with van der Waals surface area (Å²) in [5.41, 5.74) is 3.50. The first-order valence-electron chi connectivity index (χ1n) is 11.0. The molecule has 1 aliphatic rings. The van der Waals surface area contributed by atoms with Crippen LogP contribution in [0.15, 0.2) is 73.2 Å². The normalized spacial score (nSPS) is 12.7. The zero-order valence-corrected chi connectivity index (χ0v) is 19.0. The van der Waals surface area contributed by atoms with E-state index in [1.165, 1.54) is 0 Å². The summed E-state index contributed by atoms with van der Waals surface area (Å²) in [6.45, 7) is 0.360. The third-order valence-corrected chi connectivity index (χ3v) is 5.59. The van der Waals surface area contributed by atoms with E-state index >= 15 is 0 Å². The summed E-state index contributed by atoms with van der Waals surface area (Å²) < 4.78 is 13.0. The Morgan fingerprint density at radius 2 is 2.06 bits per heavy atom. The van der Waals surface area contributed by atoms with E-state index in [1.54, 1.807) is 43.8 Å². The molecular formula is C26H23N5O4. The summed E-state index contributed by atoms with van der Waals surface area (Å²) >= 11 is 0. The number of methoxy groups -OCH3 is 1. The molecule has 0 aliphatic carbocycles. The molecule has 9 heteroatoms. The smallest absolute Gasteiger partial charge is 0.258 e. The number of ether oxygens (including phenoxy) is 2. The fraction of sp³-hybridized carbons (Fsp3) is 0.154. The SMILES string of the molecule is COc1ccc2cc1OCC(=O)NCc1cc(C(=O)NCc3ccccn3)cc(c1)-n1ccnc1-2. The fourth-order valence-electron chi connectivity index (χ4n) is 3.87. The second-order valence-corrected chi connectivity index (χ2v) is 7.94. The Balaban J connectivity index is 1.54.